The van der Waals surface area contributed by atoms with Crippen LogP contribution in [-0.4, -0.2) is 63.8 Å². The van der Waals surface area contributed by atoms with E-state index in [2.05, 4.69) is 30.6 Å². The Kier molecular flexibility index (Phi) is 7.20. The fourth-order valence-corrected chi connectivity index (χ4v) is 5.61. The maximum Gasteiger partial charge on any atom is 0.410 e. The highest BCUT2D eigenvalue weighted by Crippen LogP contribution is 2.38. The Morgan fingerprint density at radius 1 is 1.07 bits per heavy atom. The summed E-state index contributed by atoms with van der Waals surface area (Å²) in [6.45, 7) is 8.83. The Hall–Kier alpha value is -5.00. The van der Waals surface area contributed by atoms with E-state index in [-0.39, 0.29) is 18.2 Å². The van der Waals surface area contributed by atoms with Gasteiger partial charge in [0.2, 0.25) is 0 Å². The Labute approximate surface area is 249 Å². The molecule has 43 heavy (non-hydrogen) atoms. The van der Waals surface area contributed by atoms with E-state index < -0.39 is 5.60 Å². The predicted octanol–water partition coefficient (Wildman–Crippen LogP) is 6.77. The fraction of sp³-hybridized carbons (Fsp3) is 0.355. The van der Waals surface area contributed by atoms with Crippen LogP contribution in [0.1, 0.15) is 32.8 Å². The number of carbonyl (C=O) groups is 1. The van der Waals surface area contributed by atoms with Gasteiger partial charge in [0.15, 0.2) is 5.82 Å². The van der Waals surface area contributed by atoms with E-state index in [1.165, 1.54) is 6.33 Å². The monoisotopic (exact) mass is 581 g/mol. The highest BCUT2D eigenvalue weighted by molar-refractivity contribution is 5.88. The summed E-state index contributed by atoms with van der Waals surface area (Å²) >= 11 is 0. The molecule has 12 heteroatoms. The van der Waals surface area contributed by atoms with Crippen molar-refractivity contribution in [1.82, 2.24) is 19.9 Å². The standard InChI is InChI=1S/C31H35N9O3/c1-18-12-19(6-10-26(18)42-22-7-8-23(33-5)25(14-22)38-32)36-29-28-24(34-17-35-29)9-11-27(37-28)40-20-13-21(40)16-39(15-20)30(41)43-31(2,3)4/h6-12,14,17,20-21,32-33H,13,15-16H2,1-5H3,(H,34,35,36). The SMILES string of the molecule is CNc1ccc(Oc2ccc(Nc3ncnc4ccc(N5C6CC5CN(C(=O)OC(C)(C)C)C6)nc34)cc2C)cc1N=N. The number of carbonyl (C=O) groups excluding carboxylic acids is 1. The molecule has 2 unspecified atom stereocenters. The molecule has 3 N–H and O–H groups in total. The van der Waals surface area contributed by atoms with Gasteiger partial charge < -0.3 is 29.9 Å². The number of hydrogen-bond donors (Lipinski definition) is 3. The lowest BCUT2D eigenvalue weighted by Crippen LogP contribution is -2.70. The number of aromatic nitrogens is 3. The minimum absolute atomic E-state index is 0.188. The number of likely N-dealkylation sites (tertiary alicyclic amines) is 1. The van der Waals surface area contributed by atoms with Crippen molar-refractivity contribution in [2.24, 2.45) is 5.11 Å². The van der Waals surface area contributed by atoms with Crippen LogP contribution >= 0.6 is 0 Å². The zero-order valence-electron chi connectivity index (χ0n) is 24.9. The Morgan fingerprint density at radius 2 is 1.86 bits per heavy atom. The molecule has 222 valence electrons. The molecule has 2 aliphatic heterocycles. The Balaban J connectivity index is 1.19. The van der Waals surface area contributed by atoms with Crippen LogP contribution in [0.5, 0.6) is 11.5 Å². The number of piperazine rings is 1. The number of aryl methyl sites for hydroxylation is 1. The van der Waals surface area contributed by atoms with Gasteiger partial charge in [-0.05, 0) is 82.1 Å². The number of nitrogens with one attached hydrogen (secondary N) is 3. The molecule has 4 aromatic rings. The molecule has 0 aliphatic carbocycles. The molecular formula is C31H35N9O3. The molecule has 0 saturated carbocycles. The maximum atomic E-state index is 12.6. The molecule has 2 aromatic heterocycles. The predicted molar refractivity (Wildman–Crippen MR) is 165 cm³/mol. The number of rotatable bonds is 7. The summed E-state index contributed by atoms with van der Waals surface area (Å²) in [6.07, 6.45) is 2.28. The van der Waals surface area contributed by atoms with Crippen LogP contribution in [0.2, 0.25) is 0 Å². The van der Waals surface area contributed by atoms with Crippen molar-refractivity contribution >= 4 is 45.8 Å². The molecular weight excluding hydrogens is 546 g/mol. The maximum absolute atomic E-state index is 12.6. The topological polar surface area (TPSA) is 141 Å². The number of benzene rings is 2. The van der Waals surface area contributed by atoms with Crippen LogP contribution in [0.15, 0.2) is 60.0 Å². The van der Waals surface area contributed by atoms with E-state index in [1.807, 2.05) is 70.2 Å². The normalized spacial score (nSPS) is 17.7. The van der Waals surface area contributed by atoms with E-state index >= 15 is 0 Å². The third-order valence-corrected chi connectivity index (χ3v) is 7.60. The van der Waals surface area contributed by atoms with Gasteiger partial charge in [-0.15, -0.1) is 0 Å². The van der Waals surface area contributed by atoms with Crippen molar-refractivity contribution in [2.75, 3.05) is 35.7 Å². The average molecular weight is 582 g/mol. The van der Waals surface area contributed by atoms with Gasteiger partial charge in [-0.1, -0.05) is 0 Å². The number of hydrogen-bond acceptors (Lipinski definition) is 11. The molecule has 4 heterocycles. The Bertz CT molecular complexity index is 1690. The smallest absolute Gasteiger partial charge is 0.410 e. The minimum Gasteiger partial charge on any atom is -0.457 e. The summed E-state index contributed by atoms with van der Waals surface area (Å²) in [6, 6.07) is 15.5. The average Bonchev–Trinajstić information content (AvgIpc) is 2.98. The van der Waals surface area contributed by atoms with Crippen LogP contribution in [0, 0.1) is 12.5 Å². The lowest BCUT2D eigenvalue weighted by molar-refractivity contribution is 0.00843. The summed E-state index contributed by atoms with van der Waals surface area (Å²) in [4.78, 5) is 30.6. The largest absolute Gasteiger partial charge is 0.457 e. The lowest BCUT2D eigenvalue weighted by Gasteiger charge is -2.56. The van der Waals surface area contributed by atoms with E-state index in [4.69, 9.17) is 20.0 Å². The van der Waals surface area contributed by atoms with Crippen molar-refractivity contribution in [2.45, 2.75) is 51.8 Å². The zero-order chi connectivity index (χ0) is 30.3. The molecule has 0 radical (unpaired) electrons. The van der Waals surface area contributed by atoms with Gasteiger partial charge in [0, 0.05) is 31.9 Å². The highest BCUT2D eigenvalue weighted by atomic mass is 16.6. The number of pyridine rings is 1. The van der Waals surface area contributed by atoms with Crippen molar-refractivity contribution in [3.8, 4) is 11.5 Å². The second-order valence-corrected chi connectivity index (χ2v) is 11.8. The van der Waals surface area contributed by atoms with Gasteiger partial charge in [0.25, 0.3) is 0 Å². The molecule has 2 aromatic carbocycles. The van der Waals surface area contributed by atoms with E-state index in [9.17, 15) is 4.79 Å². The molecule has 2 saturated heterocycles. The summed E-state index contributed by atoms with van der Waals surface area (Å²) in [5.41, 5.74) is 11.3. The van der Waals surface area contributed by atoms with Crippen molar-refractivity contribution in [1.29, 1.82) is 5.53 Å². The van der Waals surface area contributed by atoms with Crippen LogP contribution in [0.3, 0.4) is 0 Å². The van der Waals surface area contributed by atoms with Gasteiger partial charge in [0.05, 0.1) is 23.3 Å². The van der Waals surface area contributed by atoms with Crippen molar-refractivity contribution < 1.29 is 14.3 Å². The second-order valence-electron chi connectivity index (χ2n) is 11.8. The van der Waals surface area contributed by atoms with Crippen LogP contribution in [0.25, 0.3) is 11.0 Å². The number of ether oxygens (including phenoxy) is 2. The van der Waals surface area contributed by atoms with Crippen LogP contribution in [0.4, 0.5) is 33.5 Å². The molecule has 2 bridgehead atoms. The molecule has 6 rings (SSSR count). The molecule has 2 fully saturated rings. The van der Waals surface area contributed by atoms with Crippen LogP contribution < -0.4 is 20.3 Å². The number of amides is 1. The lowest BCUT2D eigenvalue weighted by atomic mass is 9.87. The van der Waals surface area contributed by atoms with Gasteiger partial charge in [-0.25, -0.2) is 25.3 Å². The van der Waals surface area contributed by atoms with E-state index in [0.29, 0.717) is 41.6 Å². The summed E-state index contributed by atoms with van der Waals surface area (Å²) in [7, 11) is 1.79. The minimum atomic E-state index is -0.519. The molecule has 0 spiro atoms. The first-order valence-corrected chi connectivity index (χ1v) is 14.2. The van der Waals surface area contributed by atoms with E-state index in [1.54, 1.807) is 18.0 Å². The summed E-state index contributed by atoms with van der Waals surface area (Å²) in [5, 5.41) is 9.99. The number of piperidine rings is 1. The fourth-order valence-electron chi connectivity index (χ4n) is 5.61. The zero-order valence-corrected chi connectivity index (χ0v) is 24.9. The van der Waals surface area contributed by atoms with Crippen LogP contribution in [-0.2, 0) is 4.74 Å². The molecule has 2 aliphatic rings. The van der Waals surface area contributed by atoms with Gasteiger partial charge in [-0.2, -0.15) is 5.11 Å². The molecule has 1 amide bonds. The first-order valence-electron chi connectivity index (χ1n) is 14.2. The third kappa shape index (κ3) is 5.72. The number of nitrogens with zero attached hydrogens (tertiary/aromatic N) is 6. The first-order chi connectivity index (χ1) is 20.6. The summed E-state index contributed by atoms with van der Waals surface area (Å²) < 4.78 is 11.7. The molecule has 2 atom stereocenters. The van der Waals surface area contributed by atoms with Gasteiger partial charge >= 0.3 is 6.09 Å². The second kappa shape index (κ2) is 11.0. The van der Waals surface area contributed by atoms with E-state index in [0.717, 1.165) is 34.7 Å². The first kappa shape index (κ1) is 28.1. The van der Waals surface area contributed by atoms with Crippen molar-refractivity contribution in [3.05, 3.63) is 60.4 Å². The Morgan fingerprint density at radius 3 is 2.56 bits per heavy atom. The molecule has 12 nitrogen and oxygen atoms in total. The number of fused-ring (bicyclic) bond motifs is 3. The van der Waals surface area contributed by atoms with Crippen molar-refractivity contribution in [3.63, 3.8) is 0 Å². The van der Waals surface area contributed by atoms with Gasteiger partial charge in [-0.3, -0.25) is 0 Å². The number of anilines is 4. The van der Waals surface area contributed by atoms with Gasteiger partial charge in [0.1, 0.15) is 40.4 Å². The third-order valence-electron chi connectivity index (χ3n) is 7.60. The quantitative estimate of drug-likeness (QED) is 0.202. The summed E-state index contributed by atoms with van der Waals surface area (Å²) in [5.74, 6) is 2.73. The highest BCUT2D eigenvalue weighted by Gasteiger charge is 2.47.